The summed E-state index contributed by atoms with van der Waals surface area (Å²) < 4.78 is 36.2. The van der Waals surface area contributed by atoms with Crippen LogP contribution in [-0.2, 0) is 24.3 Å². The lowest BCUT2D eigenvalue weighted by molar-refractivity contribution is -0.140. The first-order valence-electron chi connectivity index (χ1n) is 10.6. The molecular weight excluding hydrogens is 460 g/mol. The van der Waals surface area contributed by atoms with Gasteiger partial charge in [0, 0.05) is 39.9 Å². The highest BCUT2D eigenvalue weighted by atomic mass is 32.2. The molecule has 0 bridgehead atoms. The maximum absolute atomic E-state index is 13.0. The quantitative estimate of drug-likeness (QED) is 0.250. The van der Waals surface area contributed by atoms with Crippen molar-refractivity contribution >= 4 is 27.5 Å². The number of nitrogens with zero attached hydrogens (tertiary/aromatic N) is 2. The molecule has 182 valence electrons. The zero-order valence-corrected chi connectivity index (χ0v) is 20.3. The van der Waals surface area contributed by atoms with Gasteiger partial charge in [0.15, 0.2) is 0 Å². The van der Waals surface area contributed by atoms with Crippen LogP contribution in [0.15, 0.2) is 59.0 Å². The van der Waals surface area contributed by atoms with Crippen LogP contribution in [0.4, 0.5) is 0 Å². The lowest BCUT2D eigenvalue weighted by Crippen LogP contribution is -2.31. The molecule has 0 radical (unpaired) electrons. The number of ketones is 1. The first kappa shape index (κ1) is 25.4. The van der Waals surface area contributed by atoms with Crippen LogP contribution in [0.3, 0.4) is 0 Å². The number of rotatable bonds is 9. The maximum Gasteiger partial charge on any atom is 0.295 e. The number of amides is 1. The van der Waals surface area contributed by atoms with E-state index in [-0.39, 0.29) is 28.3 Å². The van der Waals surface area contributed by atoms with E-state index in [0.29, 0.717) is 24.3 Å². The number of ether oxygens (including phenoxy) is 2. The first-order chi connectivity index (χ1) is 16.1. The lowest BCUT2D eigenvalue weighted by Gasteiger charge is -2.25. The van der Waals surface area contributed by atoms with Gasteiger partial charge in [-0.1, -0.05) is 12.1 Å². The van der Waals surface area contributed by atoms with Gasteiger partial charge in [0.05, 0.1) is 23.6 Å². The van der Waals surface area contributed by atoms with Crippen LogP contribution in [0.5, 0.6) is 5.75 Å². The van der Waals surface area contributed by atoms with Gasteiger partial charge in [0.1, 0.15) is 11.5 Å². The highest BCUT2D eigenvalue weighted by Gasteiger charge is 2.45. The standard InChI is InChI=1S/C24H28N2O7S/c1-25(2)34(30,31)19-11-9-16(10-12-19)22(27)20-21(17-7-5-8-18(15-17)33-4)26(13-6-14-32-3)24(29)23(20)28/h5,7-12,15,21,27H,6,13-14H2,1-4H3/t21-/m0/s1. The normalized spacial score (nSPS) is 18.0. The van der Waals surface area contributed by atoms with E-state index >= 15 is 0 Å². The van der Waals surface area contributed by atoms with Gasteiger partial charge in [0.25, 0.3) is 11.7 Å². The minimum Gasteiger partial charge on any atom is -0.507 e. The number of carbonyl (C=O) groups excluding carboxylic acids is 2. The second kappa shape index (κ2) is 10.4. The van der Waals surface area contributed by atoms with Crippen LogP contribution < -0.4 is 4.74 Å². The van der Waals surface area contributed by atoms with E-state index in [1.807, 2.05) is 0 Å². The summed E-state index contributed by atoms with van der Waals surface area (Å²) in [5, 5.41) is 11.1. The third-order valence-corrected chi connectivity index (χ3v) is 7.43. The number of benzene rings is 2. The average Bonchev–Trinajstić information content (AvgIpc) is 3.08. The zero-order valence-electron chi connectivity index (χ0n) is 19.5. The molecule has 1 heterocycles. The van der Waals surface area contributed by atoms with Crippen molar-refractivity contribution < 1.29 is 32.6 Å². The van der Waals surface area contributed by atoms with Crippen LogP contribution in [0, 0.1) is 0 Å². The molecule has 0 unspecified atom stereocenters. The van der Waals surface area contributed by atoms with Crippen LogP contribution >= 0.6 is 0 Å². The topological polar surface area (TPSA) is 113 Å². The molecule has 2 aromatic carbocycles. The molecule has 1 aliphatic rings. The summed E-state index contributed by atoms with van der Waals surface area (Å²) in [4.78, 5) is 27.4. The van der Waals surface area contributed by atoms with Crippen LogP contribution in [0.1, 0.15) is 23.6 Å². The fraction of sp³-hybridized carbons (Fsp3) is 0.333. The lowest BCUT2D eigenvalue weighted by atomic mass is 9.95. The Labute approximate surface area is 199 Å². The maximum atomic E-state index is 13.0. The van der Waals surface area contributed by atoms with Gasteiger partial charge >= 0.3 is 0 Å². The highest BCUT2D eigenvalue weighted by Crippen LogP contribution is 2.40. The van der Waals surface area contributed by atoms with Gasteiger partial charge < -0.3 is 19.5 Å². The highest BCUT2D eigenvalue weighted by molar-refractivity contribution is 7.89. The predicted molar refractivity (Wildman–Crippen MR) is 126 cm³/mol. The van der Waals surface area contributed by atoms with Crippen molar-refractivity contribution in [3.8, 4) is 5.75 Å². The van der Waals surface area contributed by atoms with Gasteiger partial charge in [0.2, 0.25) is 10.0 Å². The van der Waals surface area contributed by atoms with Gasteiger partial charge in [-0.15, -0.1) is 0 Å². The van der Waals surface area contributed by atoms with Crippen molar-refractivity contribution in [2.75, 3.05) is 41.5 Å². The second-order valence-electron chi connectivity index (χ2n) is 7.93. The Morgan fingerprint density at radius 2 is 1.76 bits per heavy atom. The number of hydrogen-bond acceptors (Lipinski definition) is 7. The Bertz CT molecular complexity index is 1200. The molecule has 1 fully saturated rings. The van der Waals surface area contributed by atoms with Crippen molar-refractivity contribution in [2.45, 2.75) is 17.4 Å². The SMILES string of the molecule is COCCCN1C(=O)C(=O)C(=C(O)c2ccc(S(=O)(=O)N(C)C)cc2)[C@@H]1c1cccc(OC)c1. The van der Waals surface area contributed by atoms with E-state index in [4.69, 9.17) is 9.47 Å². The predicted octanol–water partition coefficient (Wildman–Crippen LogP) is 2.40. The van der Waals surface area contributed by atoms with Crippen molar-refractivity contribution in [3.63, 3.8) is 0 Å². The molecule has 10 heteroatoms. The van der Waals surface area contributed by atoms with Crippen molar-refractivity contribution in [3.05, 3.63) is 65.2 Å². The number of Topliss-reactive ketones (excluding diaryl/α,β-unsaturated/α-hetero) is 1. The Hall–Kier alpha value is -3.21. The van der Waals surface area contributed by atoms with Crippen molar-refractivity contribution in [1.29, 1.82) is 0 Å². The van der Waals surface area contributed by atoms with E-state index in [9.17, 15) is 23.1 Å². The number of carbonyl (C=O) groups is 2. The second-order valence-corrected chi connectivity index (χ2v) is 10.1. The van der Waals surface area contributed by atoms with Crippen molar-refractivity contribution in [2.24, 2.45) is 0 Å². The van der Waals surface area contributed by atoms with E-state index in [1.165, 1.54) is 50.4 Å². The molecular formula is C24H28N2O7S. The summed E-state index contributed by atoms with van der Waals surface area (Å²) in [7, 11) is 2.24. The fourth-order valence-electron chi connectivity index (χ4n) is 3.80. The molecule has 2 aromatic rings. The molecule has 0 aromatic heterocycles. The molecule has 3 rings (SSSR count). The summed E-state index contributed by atoms with van der Waals surface area (Å²) in [5.41, 5.74) is 0.753. The molecule has 1 saturated heterocycles. The molecule has 9 nitrogen and oxygen atoms in total. The number of hydrogen-bond donors (Lipinski definition) is 1. The molecule has 34 heavy (non-hydrogen) atoms. The monoisotopic (exact) mass is 488 g/mol. The van der Waals surface area contributed by atoms with Crippen LogP contribution in [0.25, 0.3) is 5.76 Å². The number of methoxy groups -OCH3 is 2. The summed E-state index contributed by atoms with van der Waals surface area (Å²) in [6.07, 6.45) is 0.501. The smallest absolute Gasteiger partial charge is 0.295 e. The van der Waals surface area contributed by atoms with Crippen LogP contribution in [-0.4, -0.2) is 75.9 Å². The number of aliphatic hydroxyl groups excluding tert-OH is 1. The summed E-state index contributed by atoms with van der Waals surface area (Å²) >= 11 is 0. The third kappa shape index (κ3) is 4.84. The largest absolute Gasteiger partial charge is 0.507 e. The third-order valence-electron chi connectivity index (χ3n) is 5.60. The van der Waals surface area contributed by atoms with Gasteiger partial charge in [-0.3, -0.25) is 9.59 Å². The Morgan fingerprint density at radius 3 is 2.35 bits per heavy atom. The molecule has 1 N–H and O–H groups in total. The van der Waals surface area contributed by atoms with E-state index in [2.05, 4.69) is 0 Å². The molecule has 1 atom stereocenters. The average molecular weight is 489 g/mol. The van der Waals surface area contributed by atoms with E-state index < -0.39 is 27.8 Å². The molecule has 0 saturated carbocycles. The number of aliphatic hydroxyl groups is 1. The number of sulfonamides is 1. The Morgan fingerprint density at radius 1 is 1.09 bits per heavy atom. The van der Waals surface area contributed by atoms with Gasteiger partial charge in [-0.05, 0) is 48.4 Å². The number of likely N-dealkylation sites (tertiary alicyclic amines) is 1. The molecule has 1 amide bonds. The summed E-state index contributed by atoms with van der Waals surface area (Å²) in [6, 6.07) is 11.6. The van der Waals surface area contributed by atoms with E-state index in [1.54, 1.807) is 31.4 Å². The van der Waals surface area contributed by atoms with Gasteiger partial charge in [-0.25, -0.2) is 12.7 Å². The van der Waals surface area contributed by atoms with Gasteiger partial charge in [-0.2, -0.15) is 0 Å². The fourth-order valence-corrected chi connectivity index (χ4v) is 4.70. The molecule has 1 aliphatic heterocycles. The van der Waals surface area contributed by atoms with Crippen LogP contribution in [0.2, 0.25) is 0 Å². The molecule has 0 spiro atoms. The summed E-state index contributed by atoms with van der Waals surface area (Å²) in [6.45, 7) is 0.646. The minimum atomic E-state index is -3.66. The van der Waals surface area contributed by atoms with E-state index in [0.717, 1.165) is 4.31 Å². The minimum absolute atomic E-state index is 0.0402. The Kier molecular flexibility index (Phi) is 7.75. The van der Waals surface area contributed by atoms with Crippen molar-refractivity contribution in [1.82, 2.24) is 9.21 Å². The molecule has 0 aliphatic carbocycles. The zero-order chi connectivity index (χ0) is 25.0. The Balaban J connectivity index is 2.11. The first-order valence-corrected chi connectivity index (χ1v) is 12.0. The summed E-state index contributed by atoms with van der Waals surface area (Å²) in [5.74, 6) is -1.38.